The van der Waals surface area contributed by atoms with Crippen LogP contribution in [-0.2, 0) is 9.53 Å². The Labute approximate surface area is 118 Å². The number of amides is 1. The van der Waals surface area contributed by atoms with E-state index in [-0.39, 0.29) is 12.5 Å². The second kappa shape index (κ2) is 7.18. The molecule has 7 heteroatoms. The van der Waals surface area contributed by atoms with E-state index in [1.165, 1.54) is 0 Å². The summed E-state index contributed by atoms with van der Waals surface area (Å²) in [5.74, 6) is -0.329. The molecule has 3 N–H and O–H groups in total. The van der Waals surface area contributed by atoms with Gasteiger partial charge in [0.15, 0.2) is 0 Å². The molecule has 1 rings (SSSR count). The third-order valence-electron chi connectivity index (χ3n) is 1.77. The summed E-state index contributed by atoms with van der Waals surface area (Å²) in [4.78, 5) is 11.5. The van der Waals surface area contributed by atoms with Gasteiger partial charge in [-0.3, -0.25) is 4.79 Å². The monoisotopic (exact) mass is 340 g/mol. The number of nitrogens with two attached hydrogens (primary N) is 1. The fourth-order valence-corrected chi connectivity index (χ4v) is 2.39. The lowest BCUT2D eigenvalue weighted by atomic mass is 10.3. The number of halogens is 3. The summed E-state index contributed by atoms with van der Waals surface area (Å²) < 4.78 is 5.73. The molecule has 0 heterocycles. The van der Waals surface area contributed by atoms with E-state index in [0.29, 0.717) is 28.9 Å². The second-order valence-electron chi connectivity index (χ2n) is 3.13. The van der Waals surface area contributed by atoms with Gasteiger partial charge in [-0.15, -0.1) is 0 Å². The third kappa shape index (κ3) is 4.81. The van der Waals surface area contributed by atoms with Crippen LogP contribution >= 0.6 is 39.1 Å². The Morgan fingerprint density at radius 3 is 2.53 bits per heavy atom. The summed E-state index contributed by atoms with van der Waals surface area (Å²) >= 11 is 15.1. The third-order valence-corrected chi connectivity index (χ3v) is 2.82. The number of benzene rings is 1. The van der Waals surface area contributed by atoms with Gasteiger partial charge < -0.3 is 15.8 Å². The van der Waals surface area contributed by atoms with Crippen LogP contribution in [0.3, 0.4) is 0 Å². The Bertz CT molecular complexity index is 392. The number of nitrogens with one attached hydrogen (secondary N) is 1. The average Bonchev–Trinajstić information content (AvgIpc) is 2.24. The topological polar surface area (TPSA) is 64.3 Å². The number of anilines is 1. The van der Waals surface area contributed by atoms with Crippen molar-refractivity contribution >= 4 is 50.7 Å². The number of hydrogen-bond donors (Lipinski definition) is 2. The number of ether oxygens (including phenoxy) is 1. The number of carbonyl (C=O) groups excluding carboxylic acids is 1. The molecule has 0 fully saturated rings. The second-order valence-corrected chi connectivity index (χ2v) is 4.86. The van der Waals surface area contributed by atoms with Gasteiger partial charge in [0.25, 0.3) is 0 Å². The van der Waals surface area contributed by atoms with Gasteiger partial charge in [-0.2, -0.15) is 0 Å². The molecule has 4 nitrogen and oxygen atoms in total. The van der Waals surface area contributed by atoms with E-state index in [4.69, 9.17) is 33.7 Å². The van der Waals surface area contributed by atoms with Crippen LogP contribution in [0.1, 0.15) is 0 Å². The van der Waals surface area contributed by atoms with Crippen LogP contribution in [0.2, 0.25) is 10.0 Å². The van der Waals surface area contributed by atoms with Crippen LogP contribution in [0.15, 0.2) is 16.6 Å². The lowest BCUT2D eigenvalue weighted by Crippen LogP contribution is -2.21. The van der Waals surface area contributed by atoms with E-state index in [1.807, 2.05) is 0 Å². The maximum absolute atomic E-state index is 11.5. The summed E-state index contributed by atoms with van der Waals surface area (Å²) in [5, 5.41) is 3.29. The number of carbonyl (C=O) groups is 1. The van der Waals surface area contributed by atoms with Gasteiger partial charge in [-0.05, 0) is 12.1 Å². The lowest BCUT2D eigenvalue weighted by molar-refractivity contribution is -0.120. The first-order valence-electron chi connectivity index (χ1n) is 4.76. The summed E-state index contributed by atoms with van der Waals surface area (Å²) in [7, 11) is 0. The van der Waals surface area contributed by atoms with Crippen LogP contribution in [-0.4, -0.2) is 25.7 Å². The van der Waals surface area contributed by atoms with Gasteiger partial charge in [0.2, 0.25) is 5.91 Å². The molecule has 1 aromatic rings. The Morgan fingerprint density at radius 1 is 1.41 bits per heavy atom. The highest BCUT2D eigenvalue weighted by molar-refractivity contribution is 9.10. The predicted molar refractivity (Wildman–Crippen MR) is 72.7 cm³/mol. The fraction of sp³-hybridized carbons (Fsp3) is 0.300. The van der Waals surface area contributed by atoms with Crippen molar-refractivity contribution in [3.8, 4) is 0 Å². The summed E-state index contributed by atoms with van der Waals surface area (Å²) in [5.41, 5.74) is 5.60. The molecule has 0 aromatic heterocycles. The summed E-state index contributed by atoms with van der Waals surface area (Å²) in [6.45, 7) is 0.613. The van der Waals surface area contributed by atoms with Crippen LogP contribution < -0.4 is 11.1 Å². The van der Waals surface area contributed by atoms with Gasteiger partial charge in [-0.1, -0.05) is 39.1 Å². The molecular formula is C10H11BrCl2N2O2. The normalized spacial score (nSPS) is 10.4. The van der Waals surface area contributed by atoms with Crippen molar-refractivity contribution in [1.82, 2.24) is 0 Å². The first-order chi connectivity index (χ1) is 8.04. The fourth-order valence-electron chi connectivity index (χ4n) is 1.09. The molecule has 0 saturated carbocycles. The number of rotatable bonds is 5. The first kappa shape index (κ1) is 14.7. The van der Waals surface area contributed by atoms with E-state index in [0.717, 1.165) is 4.47 Å². The minimum Gasteiger partial charge on any atom is -0.370 e. The molecule has 17 heavy (non-hydrogen) atoms. The Balaban J connectivity index is 2.65. The summed E-state index contributed by atoms with van der Waals surface area (Å²) in [6.07, 6.45) is 0. The Morgan fingerprint density at radius 2 is 2.00 bits per heavy atom. The maximum Gasteiger partial charge on any atom is 0.250 e. The minimum atomic E-state index is -0.329. The zero-order valence-electron chi connectivity index (χ0n) is 8.80. The van der Waals surface area contributed by atoms with E-state index in [2.05, 4.69) is 21.2 Å². The zero-order chi connectivity index (χ0) is 12.8. The minimum absolute atomic E-state index is 0.0834. The van der Waals surface area contributed by atoms with E-state index >= 15 is 0 Å². The zero-order valence-corrected chi connectivity index (χ0v) is 11.9. The molecule has 94 valence electrons. The molecule has 1 aromatic carbocycles. The molecule has 0 bridgehead atoms. The smallest absolute Gasteiger partial charge is 0.250 e. The molecule has 0 atom stereocenters. The van der Waals surface area contributed by atoms with E-state index in [1.54, 1.807) is 12.1 Å². The van der Waals surface area contributed by atoms with Crippen molar-refractivity contribution in [2.75, 3.05) is 25.1 Å². The standard InChI is InChI=1S/C10H11BrCl2N2O2/c11-6-3-7(12)10(8(13)4-6)15-9(16)5-17-2-1-14/h3-4H,1-2,5,14H2,(H,15,16). The molecule has 0 radical (unpaired) electrons. The molecule has 1 amide bonds. The Hall–Kier alpha value is -0.330. The predicted octanol–water partition coefficient (Wildman–Crippen LogP) is 2.67. The highest BCUT2D eigenvalue weighted by atomic mass is 79.9. The van der Waals surface area contributed by atoms with E-state index < -0.39 is 0 Å². The molecular weight excluding hydrogens is 331 g/mol. The van der Waals surface area contributed by atoms with Crippen LogP contribution in [0.25, 0.3) is 0 Å². The maximum atomic E-state index is 11.5. The SMILES string of the molecule is NCCOCC(=O)Nc1c(Cl)cc(Br)cc1Cl. The average molecular weight is 342 g/mol. The van der Waals surface area contributed by atoms with Crippen molar-refractivity contribution in [3.05, 3.63) is 26.7 Å². The molecule has 0 saturated heterocycles. The van der Waals surface area contributed by atoms with Crippen molar-refractivity contribution in [1.29, 1.82) is 0 Å². The highest BCUT2D eigenvalue weighted by Crippen LogP contribution is 2.33. The quantitative estimate of drug-likeness (QED) is 0.809. The van der Waals surface area contributed by atoms with Gasteiger partial charge in [0.05, 0.1) is 22.3 Å². The first-order valence-corrected chi connectivity index (χ1v) is 6.31. The lowest BCUT2D eigenvalue weighted by Gasteiger charge is -2.10. The molecule has 0 spiro atoms. The molecule has 0 aliphatic carbocycles. The van der Waals surface area contributed by atoms with Crippen LogP contribution in [0.4, 0.5) is 5.69 Å². The summed E-state index contributed by atoms with van der Waals surface area (Å²) in [6, 6.07) is 3.29. The molecule has 0 aliphatic heterocycles. The Kier molecular flexibility index (Phi) is 6.22. The number of hydrogen-bond acceptors (Lipinski definition) is 3. The van der Waals surface area contributed by atoms with Crippen molar-refractivity contribution in [2.24, 2.45) is 5.73 Å². The molecule has 0 unspecified atom stereocenters. The van der Waals surface area contributed by atoms with E-state index in [9.17, 15) is 4.79 Å². The van der Waals surface area contributed by atoms with Gasteiger partial charge in [0, 0.05) is 11.0 Å². The van der Waals surface area contributed by atoms with Crippen molar-refractivity contribution < 1.29 is 9.53 Å². The van der Waals surface area contributed by atoms with Crippen LogP contribution in [0, 0.1) is 0 Å². The van der Waals surface area contributed by atoms with Gasteiger partial charge in [0.1, 0.15) is 6.61 Å². The van der Waals surface area contributed by atoms with Crippen molar-refractivity contribution in [3.63, 3.8) is 0 Å². The highest BCUT2D eigenvalue weighted by Gasteiger charge is 2.10. The van der Waals surface area contributed by atoms with Crippen molar-refractivity contribution in [2.45, 2.75) is 0 Å². The van der Waals surface area contributed by atoms with Gasteiger partial charge >= 0.3 is 0 Å². The molecule has 0 aliphatic rings. The van der Waals surface area contributed by atoms with Crippen LogP contribution in [0.5, 0.6) is 0 Å². The van der Waals surface area contributed by atoms with Gasteiger partial charge in [-0.25, -0.2) is 0 Å². The largest absolute Gasteiger partial charge is 0.370 e.